The lowest BCUT2D eigenvalue weighted by Gasteiger charge is -2.29. The van der Waals surface area contributed by atoms with Crippen molar-refractivity contribution in [3.05, 3.63) is 83.4 Å². The Morgan fingerprint density at radius 3 is 2.00 bits per heavy atom. The fraction of sp³-hybridized carbons (Fsp3) is 0.382. The summed E-state index contributed by atoms with van der Waals surface area (Å²) in [5.41, 5.74) is 3.79. The molecular formula is C34H41N5O5. The Morgan fingerprint density at radius 2 is 1.36 bits per heavy atom. The van der Waals surface area contributed by atoms with Crippen LogP contribution < -0.4 is 25.0 Å². The predicted octanol–water partition coefficient (Wildman–Crippen LogP) is 3.21. The summed E-state index contributed by atoms with van der Waals surface area (Å²) in [5, 5.41) is 6.37. The van der Waals surface area contributed by atoms with Crippen LogP contribution in [0.1, 0.15) is 27.9 Å². The van der Waals surface area contributed by atoms with Gasteiger partial charge in [-0.3, -0.25) is 14.4 Å². The highest BCUT2D eigenvalue weighted by molar-refractivity contribution is 6.00. The zero-order chi connectivity index (χ0) is 30.9. The Labute approximate surface area is 258 Å². The number of rotatable bonds is 9. The van der Waals surface area contributed by atoms with E-state index in [-0.39, 0.29) is 24.1 Å². The van der Waals surface area contributed by atoms with E-state index in [2.05, 4.69) is 15.5 Å². The van der Waals surface area contributed by atoms with E-state index in [4.69, 9.17) is 9.47 Å². The van der Waals surface area contributed by atoms with Crippen molar-refractivity contribution in [3.8, 4) is 11.5 Å². The quantitative estimate of drug-likeness (QED) is 0.390. The predicted molar refractivity (Wildman–Crippen MR) is 171 cm³/mol. The molecular weight excluding hydrogens is 558 g/mol. The van der Waals surface area contributed by atoms with Gasteiger partial charge in [0.25, 0.3) is 5.91 Å². The zero-order valence-corrected chi connectivity index (χ0v) is 25.5. The minimum atomic E-state index is -0.172. The monoisotopic (exact) mass is 599 g/mol. The topological polar surface area (TPSA) is 103 Å². The minimum absolute atomic E-state index is 0.0464. The number of anilines is 2. The van der Waals surface area contributed by atoms with Gasteiger partial charge >= 0.3 is 0 Å². The molecule has 2 saturated heterocycles. The van der Waals surface area contributed by atoms with E-state index < -0.39 is 0 Å². The molecule has 232 valence electrons. The molecule has 2 aliphatic rings. The third-order valence-electron chi connectivity index (χ3n) is 8.15. The number of piperazine rings is 1. The molecule has 0 saturated carbocycles. The molecule has 5 rings (SSSR count). The molecule has 0 radical (unpaired) electrons. The van der Waals surface area contributed by atoms with E-state index >= 15 is 0 Å². The summed E-state index contributed by atoms with van der Waals surface area (Å²) in [7, 11) is 3.23. The zero-order valence-electron chi connectivity index (χ0n) is 25.5. The number of amides is 3. The summed E-state index contributed by atoms with van der Waals surface area (Å²) < 4.78 is 10.5. The Bertz CT molecular complexity index is 1440. The number of hydrogen-bond donors (Lipinski definition) is 2. The van der Waals surface area contributed by atoms with Crippen molar-refractivity contribution in [3.63, 3.8) is 0 Å². The molecule has 3 aromatic carbocycles. The van der Waals surface area contributed by atoms with Crippen LogP contribution in [-0.2, 0) is 22.4 Å². The molecule has 2 aliphatic heterocycles. The standard InChI is InChI=1S/C34H41N5O5/c1-43-28-9-4-25(5-10-28)22-32(40)36-30-24-27(34(42)39-18-14-35-15-19-39)8-13-31(30)37-16-3-17-38(21-20-37)33(41)23-26-6-11-29(44-2)12-7-26/h4-13,24,35H,3,14-23H2,1-2H3,(H,36,40). The average Bonchev–Trinajstić information content (AvgIpc) is 3.32. The maximum Gasteiger partial charge on any atom is 0.254 e. The van der Waals surface area contributed by atoms with Crippen LogP contribution in [0.15, 0.2) is 66.7 Å². The van der Waals surface area contributed by atoms with Gasteiger partial charge in [-0.2, -0.15) is 0 Å². The number of nitrogens with one attached hydrogen (secondary N) is 2. The van der Waals surface area contributed by atoms with Gasteiger partial charge in [-0.1, -0.05) is 24.3 Å². The second-order valence-electron chi connectivity index (χ2n) is 11.1. The number of nitrogens with zero attached hydrogens (tertiary/aromatic N) is 3. The van der Waals surface area contributed by atoms with E-state index in [0.717, 1.165) is 54.4 Å². The van der Waals surface area contributed by atoms with Crippen LogP contribution in [0, 0.1) is 0 Å². The molecule has 3 amide bonds. The van der Waals surface area contributed by atoms with Gasteiger partial charge in [-0.15, -0.1) is 0 Å². The molecule has 10 heteroatoms. The fourth-order valence-electron chi connectivity index (χ4n) is 5.66. The van der Waals surface area contributed by atoms with Gasteiger partial charge in [0.2, 0.25) is 11.8 Å². The van der Waals surface area contributed by atoms with Crippen LogP contribution in [0.2, 0.25) is 0 Å². The van der Waals surface area contributed by atoms with Crippen LogP contribution in [-0.4, -0.2) is 94.1 Å². The highest BCUT2D eigenvalue weighted by Gasteiger charge is 2.24. The summed E-state index contributed by atoms with van der Waals surface area (Å²) >= 11 is 0. The van der Waals surface area contributed by atoms with Crippen molar-refractivity contribution >= 4 is 29.1 Å². The Kier molecular flexibility index (Phi) is 10.3. The van der Waals surface area contributed by atoms with Crippen molar-refractivity contribution in [1.29, 1.82) is 0 Å². The molecule has 10 nitrogen and oxygen atoms in total. The van der Waals surface area contributed by atoms with Crippen LogP contribution in [0.5, 0.6) is 11.5 Å². The summed E-state index contributed by atoms with van der Waals surface area (Å²) in [6.45, 7) is 5.37. The van der Waals surface area contributed by atoms with Crippen molar-refractivity contribution in [2.75, 3.05) is 76.8 Å². The number of hydrogen-bond acceptors (Lipinski definition) is 7. The molecule has 2 fully saturated rings. The average molecular weight is 600 g/mol. The van der Waals surface area contributed by atoms with Gasteiger partial charge < -0.3 is 34.8 Å². The molecule has 0 unspecified atom stereocenters. The number of methoxy groups -OCH3 is 2. The van der Waals surface area contributed by atoms with Crippen molar-refractivity contribution in [2.24, 2.45) is 0 Å². The lowest BCUT2D eigenvalue weighted by atomic mass is 10.1. The lowest BCUT2D eigenvalue weighted by molar-refractivity contribution is -0.130. The number of carbonyl (C=O) groups excluding carboxylic acids is 3. The molecule has 3 aromatic rings. The van der Waals surface area contributed by atoms with E-state index in [0.29, 0.717) is 50.4 Å². The van der Waals surface area contributed by atoms with E-state index in [9.17, 15) is 14.4 Å². The summed E-state index contributed by atoms with van der Waals surface area (Å²) in [4.78, 5) is 45.7. The van der Waals surface area contributed by atoms with Crippen molar-refractivity contribution in [2.45, 2.75) is 19.3 Å². The van der Waals surface area contributed by atoms with Gasteiger partial charge in [-0.25, -0.2) is 0 Å². The molecule has 0 aromatic heterocycles. The third kappa shape index (κ3) is 7.87. The maximum atomic E-state index is 13.3. The van der Waals surface area contributed by atoms with E-state index in [1.54, 1.807) is 20.3 Å². The Balaban J connectivity index is 1.31. The molecule has 0 aliphatic carbocycles. The van der Waals surface area contributed by atoms with Gasteiger partial charge in [0.1, 0.15) is 11.5 Å². The normalized spacial score (nSPS) is 15.4. The van der Waals surface area contributed by atoms with Crippen molar-refractivity contribution < 1.29 is 23.9 Å². The number of benzene rings is 3. The lowest BCUT2D eigenvalue weighted by Crippen LogP contribution is -2.46. The highest BCUT2D eigenvalue weighted by Crippen LogP contribution is 2.30. The number of carbonyl (C=O) groups is 3. The third-order valence-corrected chi connectivity index (χ3v) is 8.15. The first-order valence-corrected chi connectivity index (χ1v) is 15.2. The highest BCUT2D eigenvalue weighted by atomic mass is 16.5. The summed E-state index contributed by atoms with van der Waals surface area (Å²) in [6, 6.07) is 20.6. The van der Waals surface area contributed by atoms with Gasteiger partial charge in [0, 0.05) is 57.9 Å². The molecule has 2 heterocycles. The largest absolute Gasteiger partial charge is 0.497 e. The fourth-order valence-corrected chi connectivity index (χ4v) is 5.66. The Hall–Kier alpha value is -4.57. The van der Waals surface area contributed by atoms with Crippen LogP contribution in [0.4, 0.5) is 11.4 Å². The van der Waals surface area contributed by atoms with E-state index in [1.165, 1.54) is 0 Å². The summed E-state index contributed by atoms with van der Waals surface area (Å²) in [6.07, 6.45) is 1.31. The van der Waals surface area contributed by atoms with Gasteiger partial charge in [-0.05, 0) is 60.0 Å². The first kappa shape index (κ1) is 30.9. The SMILES string of the molecule is COc1ccc(CC(=O)Nc2cc(C(=O)N3CCNCC3)ccc2N2CCCN(C(=O)Cc3ccc(OC)cc3)CC2)cc1. The Morgan fingerprint density at radius 1 is 0.727 bits per heavy atom. The van der Waals surface area contributed by atoms with Gasteiger partial charge in [0.05, 0.1) is 38.4 Å². The summed E-state index contributed by atoms with van der Waals surface area (Å²) in [5.74, 6) is 1.36. The molecule has 0 atom stereocenters. The maximum absolute atomic E-state index is 13.3. The minimum Gasteiger partial charge on any atom is -0.497 e. The van der Waals surface area contributed by atoms with Gasteiger partial charge in [0.15, 0.2) is 0 Å². The second kappa shape index (κ2) is 14.7. The smallest absolute Gasteiger partial charge is 0.254 e. The molecule has 0 bridgehead atoms. The second-order valence-corrected chi connectivity index (χ2v) is 11.1. The van der Waals surface area contributed by atoms with Crippen LogP contribution >= 0.6 is 0 Å². The van der Waals surface area contributed by atoms with Crippen LogP contribution in [0.3, 0.4) is 0 Å². The molecule has 44 heavy (non-hydrogen) atoms. The van der Waals surface area contributed by atoms with E-state index in [1.807, 2.05) is 70.5 Å². The molecule has 2 N–H and O–H groups in total. The first-order chi connectivity index (χ1) is 21.4. The first-order valence-electron chi connectivity index (χ1n) is 15.2. The molecule has 0 spiro atoms. The number of ether oxygens (including phenoxy) is 2. The van der Waals surface area contributed by atoms with Crippen molar-refractivity contribution in [1.82, 2.24) is 15.1 Å². The van der Waals surface area contributed by atoms with Crippen LogP contribution in [0.25, 0.3) is 0 Å².